The van der Waals surface area contributed by atoms with Crippen molar-refractivity contribution < 1.29 is 9.53 Å². The van der Waals surface area contributed by atoms with Gasteiger partial charge < -0.3 is 15.4 Å². The van der Waals surface area contributed by atoms with Crippen LogP contribution >= 0.6 is 0 Å². The molecule has 2 N–H and O–H groups in total. The van der Waals surface area contributed by atoms with Crippen LogP contribution in [0.1, 0.15) is 48.9 Å². The number of hydrogen-bond acceptors (Lipinski definition) is 5. The minimum atomic E-state index is -0.143. The van der Waals surface area contributed by atoms with E-state index in [4.69, 9.17) is 4.74 Å². The van der Waals surface area contributed by atoms with Crippen LogP contribution in [-0.2, 0) is 4.74 Å². The molecule has 2 heterocycles. The molecular weight excluding hydrogens is 268 g/mol. The van der Waals surface area contributed by atoms with Crippen molar-refractivity contribution in [3.63, 3.8) is 0 Å². The minimum Gasteiger partial charge on any atom is -0.385 e. The summed E-state index contributed by atoms with van der Waals surface area (Å²) in [4.78, 5) is 21.0. The molecule has 0 radical (unpaired) electrons. The zero-order valence-corrected chi connectivity index (χ0v) is 13.0. The molecule has 2 rings (SSSR count). The molecule has 1 amide bonds. The molecule has 21 heavy (non-hydrogen) atoms. The second-order valence-electron chi connectivity index (χ2n) is 5.66. The van der Waals surface area contributed by atoms with Gasteiger partial charge in [-0.3, -0.25) is 4.79 Å². The van der Waals surface area contributed by atoms with Crippen LogP contribution in [0, 0.1) is 5.92 Å². The first kappa shape index (κ1) is 15.7. The maximum Gasteiger partial charge on any atom is 0.272 e. The number of carbonyl (C=O) groups is 1. The maximum absolute atomic E-state index is 12.4. The molecule has 0 unspecified atom stereocenters. The molecule has 0 saturated carbocycles. The average Bonchev–Trinajstić information content (AvgIpc) is 2.52. The molecule has 0 atom stereocenters. The van der Waals surface area contributed by atoms with Gasteiger partial charge in [-0.1, -0.05) is 13.8 Å². The SMILES string of the molecule is CNc1cnc(C(C)C)nc1C(=O)NCC1CCOCC1. The Morgan fingerprint density at radius 2 is 2.14 bits per heavy atom. The summed E-state index contributed by atoms with van der Waals surface area (Å²) in [6.07, 6.45) is 3.67. The van der Waals surface area contributed by atoms with E-state index >= 15 is 0 Å². The summed E-state index contributed by atoms with van der Waals surface area (Å²) in [5.41, 5.74) is 1.08. The van der Waals surface area contributed by atoms with E-state index in [2.05, 4.69) is 20.6 Å². The van der Waals surface area contributed by atoms with Gasteiger partial charge in [-0.05, 0) is 18.8 Å². The highest BCUT2D eigenvalue weighted by atomic mass is 16.5. The van der Waals surface area contributed by atoms with Crippen LogP contribution in [0.5, 0.6) is 0 Å². The van der Waals surface area contributed by atoms with Gasteiger partial charge >= 0.3 is 0 Å². The summed E-state index contributed by atoms with van der Waals surface area (Å²) < 4.78 is 5.33. The van der Waals surface area contributed by atoms with Gasteiger partial charge in [-0.2, -0.15) is 0 Å². The van der Waals surface area contributed by atoms with E-state index in [0.29, 0.717) is 29.7 Å². The quantitative estimate of drug-likeness (QED) is 0.865. The Labute approximate surface area is 125 Å². The average molecular weight is 292 g/mol. The van der Waals surface area contributed by atoms with Crippen molar-refractivity contribution >= 4 is 11.6 Å². The Bertz CT molecular complexity index is 485. The molecule has 6 heteroatoms. The fourth-order valence-corrected chi connectivity index (χ4v) is 2.30. The van der Waals surface area contributed by atoms with Gasteiger partial charge in [-0.25, -0.2) is 9.97 Å². The van der Waals surface area contributed by atoms with Gasteiger partial charge in [0.15, 0.2) is 5.69 Å². The summed E-state index contributed by atoms with van der Waals surface area (Å²) in [6, 6.07) is 0. The van der Waals surface area contributed by atoms with Gasteiger partial charge in [0.25, 0.3) is 5.91 Å². The third-order valence-corrected chi connectivity index (χ3v) is 3.70. The predicted molar refractivity (Wildman–Crippen MR) is 81.5 cm³/mol. The lowest BCUT2D eigenvalue weighted by Gasteiger charge is -2.22. The molecule has 0 bridgehead atoms. The summed E-state index contributed by atoms with van der Waals surface area (Å²) >= 11 is 0. The molecule has 1 aliphatic heterocycles. The fourth-order valence-electron chi connectivity index (χ4n) is 2.30. The van der Waals surface area contributed by atoms with E-state index in [0.717, 1.165) is 26.1 Å². The summed E-state index contributed by atoms with van der Waals surface area (Å²) in [5.74, 6) is 1.23. The zero-order valence-electron chi connectivity index (χ0n) is 13.0. The number of amides is 1. The fraction of sp³-hybridized carbons (Fsp3) is 0.667. The van der Waals surface area contributed by atoms with Gasteiger partial charge in [-0.15, -0.1) is 0 Å². The van der Waals surface area contributed by atoms with Crippen molar-refractivity contribution in [2.24, 2.45) is 5.92 Å². The third-order valence-electron chi connectivity index (χ3n) is 3.70. The van der Waals surface area contributed by atoms with Crippen LogP contribution < -0.4 is 10.6 Å². The van der Waals surface area contributed by atoms with Crippen LogP contribution in [0.25, 0.3) is 0 Å². The van der Waals surface area contributed by atoms with Crippen LogP contribution in [0.3, 0.4) is 0 Å². The number of rotatable bonds is 5. The monoisotopic (exact) mass is 292 g/mol. The van der Waals surface area contributed by atoms with E-state index in [1.807, 2.05) is 13.8 Å². The number of nitrogens with one attached hydrogen (secondary N) is 2. The number of aromatic nitrogens is 2. The van der Waals surface area contributed by atoms with E-state index in [9.17, 15) is 4.79 Å². The van der Waals surface area contributed by atoms with Crippen LogP contribution in [0.2, 0.25) is 0 Å². The topological polar surface area (TPSA) is 76.1 Å². The van der Waals surface area contributed by atoms with Crippen molar-refractivity contribution in [3.8, 4) is 0 Å². The van der Waals surface area contributed by atoms with E-state index in [-0.39, 0.29) is 11.8 Å². The molecule has 116 valence electrons. The van der Waals surface area contributed by atoms with Gasteiger partial charge in [0.1, 0.15) is 5.82 Å². The molecule has 1 aromatic heterocycles. The maximum atomic E-state index is 12.4. The second kappa shape index (κ2) is 7.36. The zero-order chi connectivity index (χ0) is 15.2. The van der Waals surface area contributed by atoms with E-state index in [1.165, 1.54) is 0 Å². The highest BCUT2D eigenvalue weighted by Crippen LogP contribution is 2.17. The first-order chi connectivity index (χ1) is 10.1. The molecule has 0 aliphatic carbocycles. The highest BCUT2D eigenvalue weighted by Gasteiger charge is 2.19. The number of carbonyl (C=O) groups excluding carboxylic acids is 1. The van der Waals surface area contributed by atoms with Gasteiger partial charge in [0.05, 0.1) is 11.9 Å². The molecule has 1 saturated heterocycles. The Balaban J connectivity index is 2.04. The lowest BCUT2D eigenvalue weighted by atomic mass is 10.0. The molecule has 1 fully saturated rings. The lowest BCUT2D eigenvalue weighted by Crippen LogP contribution is -2.33. The predicted octanol–water partition coefficient (Wildman–Crippen LogP) is 1.80. The molecular formula is C15H24N4O2. The molecule has 1 aromatic rings. The van der Waals surface area contributed by atoms with Crippen LogP contribution in [-0.4, -0.2) is 42.7 Å². The van der Waals surface area contributed by atoms with Crippen molar-refractivity contribution in [1.82, 2.24) is 15.3 Å². The van der Waals surface area contributed by atoms with Crippen molar-refractivity contribution in [2.75, 3.05) is 32.1 Å². The Kier molecular flexibility index (Phi) is 5.50. The number of hydrogen-bond donors (Lipinski definition) is 2. The van der Waals surface area contributed by atoms with Gasteiger partial charge in [0.2, 0.25) is 0 Å². The molecule has 1 aliphatic rings. The first-order valence-electron chi connectivity index (χ1n) is 7.52. The first-order valence-corrected chi connectivity index (χ1v) is 7.52. The Morgan fingerprint density at radius 3 is 2.76 bits per heavy atom. The number of ether oxygens (including phenoxy) is 1. The normalized spacial score (nSPS) is 16.0. The third kappa shape index (κ3) is 4.14. The Morgan fingerprint density at radius 1 is 1.43 bits per heavy atom. The Hall–Kier alpha value is -1.69. The van der Waals surface area contributed by atoms with Crippen LogP contribution in [0.4, 0.5) is 5.69 Å². The summed E-state index contributed by atoms with van der Waals surface area (Å²) in [7, 11) is 1.77. The number of nitrogens with zero attached hydrogens (tertiary/aromatic N) is 2. The molecule has 0 aromatic carbocycles. The summed E-state index contributed by atoms with van der Waals surface area (Å²) in [6.45, 7) is 6.27. The van der Waals surface area contributed by atoms with Crippen molar-refractivity contribution in [2.45, 2.75) is 32.6 Å². The minimum absolute atomic E-state index is 0.143. The second-order valence-corrected chi connectivity index (χ2v) is 5.66. The van der Waals surface area contributed by atoms with E-state index < -0.39 is 0 Å². The molecule has 0 spiro atoms. The summed E-state index contributed by atoms with van der Waals surface area (Å²) in [5, 5.41) is 5.96. The highest BCUT2D eigenvalue weighted by molar-refractivity contribution is 5.97. The smallest absolute Gasteiger partial charge is 0.272 e. The van der Waals surface area contributed by atoms with Crippen LogP contribution in [0.15, 0.2) is 6.20 Å². The van der Waals surface area contributed by atoms with Gasteiger partial charge in [0, 0.05) is 32.7 Å². The van der Waals surface area contributed by atoms with Crippen molar-refractivity contribution in [3.05, 3.63) is 17.7 Å². The molecule has 6 nitrogen and oxygen atoms in total. The van der Waals surface area contributed by atoms with Crippen molar-refractivity contribution in [1.29, 1.82) is 0 Å². The standard InChI is InChI=1S/C15H24N4O2/c1-10(2)14-17-9-12(16-3)13(19-14)15(20)18-8-11-4-6-21-7-5-11/h9-11,16H,4-8H2,1-3H3,(H,18,20). The lowest BCUT2D eigenvalue weighted by molar-refractivity contribution is 0.0642. The largest absolute Gasteiger partial charge is 0.385 e. The number of anilines is 1. The van der Waals surface area contributed by atoms with E-state index in [1.54, 1.807) is 13.2 Å².